The third kappa shape index (κ3) is 29.4. The molecule has 9 saturated heterocycles. The van der Waals surface area contributed by atoms with Gasteiger partial charge in [0.15, 0.2) is 60.3 Å². The van der Waals surface area contributed by atoms with Crippen molar-refractivity contribution in [1.29, 1.82) is 0 Å². The zero-order chi connectivity index (χ0) is 86.4. The summed E-state index contributed by atoms with van der Waals surface area (Å²) in [5.41, 5.74) is 8.18. The molecule has 0 amide bonds. The summed E-state index contributed by atoms with van der Waals surface area (Å²) < 4.78 is 116. The number of aromatic amines is 5. The van der Waals surface area contributed by atoms with E-state index in [2.05, 4.69) is 26.5 Å². The summed E-state index contributed by atoms with van der Waals surface area (Å²) in [6.45, 7) is 25.9. The van der Waals surface area contributed by atoms with E-state index in [9.17, 15) is 81.2 Å². The van der Waals surface area contributed by atoms with Crippen LogP contribution in [-0.2, 0) is 70.6 Å². The molecule has 5 unspecified atom stereocenters. The molecule has 9 N–H and O–H groups in total. The second-order valence-electron chi connectivity index (χ2n) is 29.6. The first-order chi connectivity index (χ1) is 53.9. The maximum Gasteiger partial charge on any atom is 1.00 e. The maximum absolute atomic E-state index is 14.9. The molecule has 49 heteroatoms. The van der Waals surface area contributed by atoms with Gasteiger partial charge < -0.3 is 98.2 Å². The van der Waals surface area contributed by atoms with Gasteiger partial charge >= 0.3 is 109 Å². The van der Waals surface area contributed by atoms with Crippen LogP contribution in [0.3, 0.4) is 0 Å². The smallest absolute Gasteiger partial charge is 0.850 e. The van der Waals surface area contributed by atoms with E-state index in [1.54, 1.807) is 74.4 Å². The Morgan fingerprint density at radius 1 is 0.512 bits per heavy atom. The predicted molar refractivity (Wildman–Crippen MR) is 440 cm³/mol. The van der Waals surface area contributed by atoms with Crippen molar-refractivity contribution in [2.45, 2.75) is 284 Å². The number of aliphatic hydroxyl groups excluding tert-OH is 4. The molecule has 0 saturated carbocycles. The number of hydrogen-bond donors (Lipinski definition) is 9. The summed E-state index contributed by atoms with van der Waals surface area (Å²) in [6.07, 6.45) is -5.31. The van der Waals surface area contributed by atoms with Gasteiger partial charge in [-0.2, -0.15) is 0 Å². The molecule has 0 radical (unpaired) electrons. The van der Waals surface area contributed by atoms with Crippen LogP contribution in [0, 0.1) is 6.92 Å². The second-order valence-corrected chi connectivity index (χ2v) is 32.9. The normalized spacial score (nSPS) is 28.9. The molecule has 9 aliphatic heterocycles. The maximum atomic E-state index is 14.9. The van der Waals surface area contributed by atoms with Crippen LogP contribution < -0.4 is 142 Å². The fourth-order valence-corrected chi connectivity index (χ4v) is 14.3. The molecule has 680 valence electrons. The first kappa shape index (κ1) is 115. The topological polar surface area (TPSA) is 591 Å². The van der Waals surface area contributed by atoms with Crippen molar-refractivity contribution in [1.82, 2.24) is 47.8 Å². The second kappa shape index (κ2) is 47.1. The molecule has 1 aromatic carbocycles. The van der Waals surface area contributed by atoms with Crippen molar-refractivity contribution < 1.29 is 181 Å². The van der Waals surface area contributed by atoms with E-state index in [1.807, 2.05) is 55.3 Å². The average molecular weight is 1940 g/mol. The Morgan fingerprint density at radius 2 is 0.821 bits per heavy atom. The van der Waals surface area contributed by atoms with Crippen molar-refractivity contribution in [3.05, 3.63) is 224 Å². The van der Waals surface area contributed by atoms with Gasteiger partial charge in [-0.05, 0) is 80.9 Å². The standard InChI is InChI=1S/C13H18N2O5.C12H14FIN2O5.C12H16N2O6.C12H14N2O5.C9H12N2O6.C7H7ClO2S.C4H9O.5CH4.K.N3.Na/c1-4-7-9-10(20-13(2,3)19-9)11(18-7)15-6-5-8(16)14-12(15)17;1-11(2)19-7-8(20-11)12(13,5-14)21-9(7)16-4-3-6(17)15-10(16)18;1-12(2)19-8-6(5-15)18-10(9(8)20-12)14-4-3-7(16)13-11(14)17;1-6-8-9(19-12(2,3)18-8)10(17-6)14-5-4-7(15)13-11(14)16;12-3-4-6(14)7(15)8(17-4)11-2-1-5(13)10-9(11)16;1-6-2-4-7(5-3-6)11(8,9)10;1-4(2,3)5;;;;;;;1-3-2;/h5-7,9-11H,4H2,1-3H3,(H,14,16,17);3-4,7-9H,5H2,1-2H3,(H,15,17,18);3-4,6,8-10,15H,5H2,1-2H3,(H,13,16,17);4-5,8-10H,1H2,2-3H3,(H,13,15,16);1-2,4,6-8,12,14-15H,3H2,(H,10,13,16);2-5H,1H3;1-3H3;5*1H4;;;/q;;;;;;-1;;;;;;+1;-1;+1/t7-,9?,10+,11-;7-,8?,9+,12+;6-,8?,9+,10-;8?,9-,10+;4-,6?,7+,8-;;;;;;;;;;/m10101........../s1. The Labute approximate surface area is 788 Å². The molecule has 19 atom stereocenters. The minimum atomic E-state index is -3.55. The van der Waals surface area contributed by atoms with Gasteiger partial charge in [0.05, 0.1) is 28.6 Å². The van der Waals surface area contributed by atoms with E-state index in [-0.39, 0.29) is 152 Å². The molecule has 9 fully saturated rings. The Balaban J connectivity index is 0.000000722. The minimum absolute atomic E-state index is 0. The van der Waals surface area contributed by atoms with Crippen molar-refractivity contribution in [3.63, 3.8) is 0 Å². The molecule has 14 heterocycles. The van der Waals surface area contributed by atoms with E-state index in [4.69, 9.17) is 88.4 Å². The minimum Gasteiger partial charge on any atom is -0.850 e. The molecule has 6 aromatic rings. The molecule has 5 aromatic heterocycles. The number of aryl methyl sites for hydroxylation is 1. The van der Waals surface area contributed by atoms with Crippen LogP contribution in [-0.4, -0.2) is 208 Å². The fourth-order valence-electron chi connectivity index (χ4n) is 12.9. The number of halogens is 3. The largest absolute Gasteiger partial charge is 1.00 e. The molecule has 43 nitrogen and oxygen atoms in total. The van der Waals surface area contributed by atoms with Crippen LogP contribution >= 0.6 is 33.3 Å². The van der Waals surface area contributed by atoms with E-state index >= 15 is 0 Å². The number of nitrogens with one attached hydrogen (secondary N) is 5. The van der Waals surface area contributed by atoms with Crippen LogP contribution in [0.4, 0.5) is 4.39 Å². The zero-order valence-electron chi connectivity index (χ0n) is 66.5. The summed E-state index contributed by atoms with van der Waals surface area (Å²) >= 11 is 1.86. The first-order valence-corrected chi connectivity index (χ1v) is 39.3. The number of ether oxygens (including phenoxy) is 13. The SMILES string of the molecule is C.C.C.C.C.C=C1O[C@@H](n2ccc(=O)[nH]c2=O)[C@H]2OC(C)(C)OC12.CC(C)(C)[O-].CC1(C)OC2[C@@H](CO)O[C@@H](n3ccc(=O)[nH]c3=O)[C@H]2O1.CC1(C)OC2[C@H](O1)[C@H](n1ccc(=O)[nH]c1=O)O[C@]2(F)CI.CC[C@H]1O[C@@H](n2ccc(=O)[nH]c2=O)[C@H]2OC(C)(C)OC12.Cc1ccc(S(=O)(=O)Cl)cc1.O=c1ccn([C@@H]2O[C@H](CO)C(O)[C@@H]2O)c(=O)[nH]1.[K+].[N-]=[N+]=[N-].[Na+]. The van der Waals surface area contributed by atoms with Crippen LogP contribution in [0.15, 0.2) is 151 Å². The van der Waals surface area contributed by atoms with E-state index in [0.717, 1.165) is 33.4 Å². The van der Waals surface area contributed by atoms with Gasteiger partial charge in [0.25, 0.3) is 36.8 Å². The molecule has 15 rings (SSSR count). The quantitative estimate of drug-likeness (QED) is 0.0129. The summed E-state index contributed by atoms with van der Waals surface area (Å²) in [4.78, 5) is 126. The Kier molecular flexibility index (Phi) is 44.1. The van der Waals surface area contributed by atoms with E-state index in [0.29, 0.717) is 5.76 Å². The number of rotatable bonds is 10. The van der Waals surface area contributed by atoms with Crippen molar-refractivity contribution >= 4 is 42.3 Å². The van der Waals surface area contributed by atoms with Crippen LogP contribution in [0.5, 0.6) is 0 Å². The van der Waals surface area contributed by atoms with Crippen molar-refractivity contribution in [2.24, 2.45) is 0 Å². The number of benzene rings is 1. The number of aliphatic hydroxyl groups is 4. The van der Waals surface area contributed by atoms with E-state index in [1.165, 1.54) is 79.8 Å². The van der Waals surface area contributed by atoms with Gasteiger partial charge in [-0.1, -0.05) is 112 Å². The van der Waals surface area contributed by atoms with Gasteiger partial charge in [0.1, 0.15) is 66.8 Å². The van der Waals surface area contributed by atoms with Crippen LogP contribution in [0.2, 0.25) is 0 Å². The zero-order valence-corrected chi connectivity index (χ0v) is 75.4. The molecule has 0 bridgehead atoms. The monoisotopic (exact) mass is 1940 g/mol. The van der Waals surface area contributed by atoms with Crippen molar-refractivity contribution in [3.8, 4) is 0 Å². The van der Waals surface area contributed by atoms with Gasteiger partial charge in [0, 0.05) is 72.0 Å². The molecule has 0 aliphatic carbocycles. The summed E-state index contributed by atoms with van der Waals surface area (Å²) in [5.74, 6) is -4.87. The number of fused-ring (bicyclic) bond motifs is 4. The van der Waals surface area contributed by atoms with Crippen molar-refractivity contribution in [2.75, 3.05) is 17.6 Å². The third-order valence-corrected chi connectivity index (χ3v) is 20.0. The Hall–Kier alpha value is -5.67. The van der Waals surface area contributed by atoms with Crippen LogP contribution in [0.25, 0.3) is 16.0 Å². The van der Waals surface area contributed by atoms with Crippen LogP contribution in [0.1, 0.15) is 163 Å². The number of nitrogens with zero attached hydrogens (tertiary/aromatic N) is 8. The third-order valence-electron chi connectivity index (χ3n) is 17.6. The van der Waals surface area contributed by atoms with E-state index < -0.39 is 199 Å². The Morgan fingerprint density at radius 3 is 1.17 bits per heavy atom. The van der Waals surface area contributed by atoms with Gasteiger partial charge in [-0.15, -0.1) is 5.60 Å². The summed E-state index contributed by atoms with van der Waals surface area (Å²) in [6, 6.07) is 12.4. The molecule has 9 aliphatic rings. The van der Waals surface area contributed by atoms with Gasteiger partial charge in [0.2, 0.25) is 12.1 Å². The number of alkyl halides is 2. The Bertz CT molecular complexity index is 5130. The molecule has 0 spiro atoms. The molecular weight excluding hydrogens is 1830 g/mol. The number of aromatic nitrogens is 10. The average Bonchev–Trinajstić information content (AvgIpc) is 1.58. The number of hydrogen-bond acceptors (Lipinski definition) is 30. The fraction of sp³-hybridized carbons (Fsp3) is 0.622. The molecular formula is C74H110ClFIKN13NaO30S. The van der Waals surface area contributed by atoms with Gasteiger partial charge in [-0.25, -0.2) is 36.8 Å². The number of H-pyrrole nitrogens is 5. The molecule has 123 heavy (non-hydrogen) atoms. The predicted octanol–water partition coefficient (Wildman–Crippen LogP) is -2.63. The summed E-state index contributed by atoms with van der Waals surface area (Å²) in [5, 5.41) is 47.5. The first-order valence-electron chi connectivity index (χ1n) is 35.4. The summed E-state index contributed by atoms with van der Waals surface area (Å²) in [7, 11) is 1.54. The van der Waals surface area contributed by atoms with Gasteiger partial charge in [-0.3, -0.25) is 76.6 Å².